The van der Waals surface area contributed by atoms with Crippen LogP contribution in [0.2, 0.25) is 0 Å². The predicted molar refractivity (Wildman–Crippen MR) is 195 cm³/mol. The highest BCUT2D eigenvalue weighted by Gasteiger charge is 2.69. The predicted octanol–water partition coefficient (Wildman–Crippen LogP) is 7.50. The van der Waals surface area contributed by atoms with Gasteiger partial charge < -0.3 is 19.9 Å². The van der Waals surface area contributed by atoms with Crippen LogP contribution in [0.15, 0.2) is 29.8 Å². The van der Waals surface area contributed by atoms with Crippen molar-refractivity contribution in [3.05, 3.63) is 41.2 Å². The topological polar surface area (TPSA) is 111 Å². The summed E-state index contributed by atoms with van der Waals surface area (Å²) in [5.41, 5.74) is 5.19. The van der Waals surface area contributed by atoms with Gasteiger partial charge in [-0.05, 0) is 109 Å². The van der Waals surface area contributed by atoms with E-state index >= 15 is 0 Å². The molecule has 1 aromatic carbocycles. The molecule has 7 rings (SSSR count). The Bertz CT molecular complexity index is 1730. The van der Waals surface area contributed by atoms with Crippen molar-refractivity contribution in [2.75, 3.05) is 26.9 Å². The van der Waals surface area contributed by atoms with Crippen LogP contribution in [0.4, 0.5) is 0 Å². The minimum Gasteiger partial charge on any atom is -0.493 e. The Balaban J connectivity index is 1.26. The van der Waals surface area contributed by atoms with Crippen LogP contribution < -0.4 is 10.1 Å². The van der Waals surface area contributed by atoms with Crippen LogP contribution in [0.5, 0.6) is 5.75 Å². The maximum atomic E-state index is 14.2. The van der Waals surface area contributed by atoms with Crippen LogP contribution >= 0.6 is 0 Å². The van der Waals surface area contributed by atoms with Crippen LogP contribution in [0, 0.1) is 44.8 Å². The van der Waals surface area contributed by atoms with E-state index in [-0.39, 0.29) is 52.1 Å². The second kappa shape index (κ2) is 12.0. The highest BCUT2D eigenvalue weighted by Crippen LogP contribution is 2.75. The molecule has 2 aromatic rings. The first-order valence-corrected chi connectivity index (χ1v) is 19.2. The van der Waals surface area contributed by atoms with Crippen molar-refractivity contribution in [2.24, 2.45) is 44.8 Å². The Hall–Kier alpha value is -3.00. The molecule has 272 valence electrons. The molecule has 0 radical (unpaired) electrons. The molecule has 2 N–H and O–H groups in total. The molecule has 1 aromatic heterocycles. The summed E-state index contributed by atoms with van der Waals surface area (Å²) in [6.07, 6.45) is 12.1. The van der Waals surface area contributed by atoms with Gasteiger partial charge in [0.15, 0.2) is 0 Å². The van der Waals surface area contributed by atoms with Crippen molar-refractivity contribution in [2.45, 2.75) is 118 Å². The molecule has 3 saturated carbocycles. The van der Waals surface area contributed by atoms with Crippen LogP contribution in [0.3, 0.4) is 0 Å². The lowest BCUT2D eigenvalue weighted by molar-refractivity contribution is -0.168. The number of rotatable bonds is 7. The Morgan fingerprint density at radius 1 is 0.960 bits per heavy atom. The SMILES string of the molecule is COC(=O)CNC(=O)[C@]12CCC(C)(C)C[C@H]1C1=CC[C@@H]3[C@@]4(C)Cc5nc6cc(OCCCO)ccc6nc5C(C)(C)C4CC[C@@]3(C)[C@]1(C)CC2. The first-order chi connectivity index (χ1) is 23.5. The van der Waals surface area contributed by atoms with E-state index in [1.807, 2.05) is 18.2 Å². The molecule has 1 unspecified atom stereocenters. The van der Waals surface area contributed by atoms with Gasteiger partial charge in [0, 0.05) is 24.5 Å². The van der Waals surface area contributed by atoms with Gasteiger partial charge in [0.25, 0.3) is 0 Å². The first kappa shape index (κ1) is 35.4. The summed E-state index contributed by atoms with van der Waals surface area (Å²) in [4.78, 5) is 36.9. The molecule has 3 fully saturated rings. The van der Waals surface area contributed by atoms with Crippen LogP contribution in [-0.2, 0) is 26.2 Å². The third kappa shape index (κ3) is 5.16. The smallest absolute Gasteiger partial charge is 0.325 e. The number of amides is 1. The van der Waals surface area contributed by atoms with Gasteiger partial charge in [-0.15, -0.1) is 0 Å². The molecule has 0 bridgehead atoms. The highest BCUT2D eigenvalue weighted by atomic mass is 16.5. The number of nitrogens with one attached hydrogen (secondary N) is 1. The molecule has 50 heavy (non-hydrogen) atoms. The molecule has 5 aliphatic carbocycles. The van der Waals surface area contributed by atoms with Crippen molar-refractivity contribution in [1.82, 2.24) is 15.3 Å². The number of aromatic nitrogens is 2. The lowest BCUT2D eigenvalue weighted by Crippen LogP contribution is -2.65. The number of benzene rings is 1. The zero-order valence-corrected chi connectivity index (χ0v) is 31.7. The minimum absolute atomic E-state index is 0.0194. The maximum absolute atomic E-state index is 14.2. The normalized spacial score (nSPS) is 36.4. The quantitative estimate of drug-likeness (QED) is 0.177. The van der Waals surface area contributed by atoms with Crippen molar-refractivity contribution < 1.29 is 24.2 Å². The summed E-state index contributed by atoms with van der Waals surface area (Å²) in [6, 6.07) is 6.00. The lowest BCUT2D eigenvalue weighted by Gasteiger charge is -2.70. The third-order valence-corrected chi connectivity index (χ3v) is 15.3. The number of hydrogen-bond donors (Lipinski definition) is 2. The molecule has 8 nitrogen and oxygen atoms in total. The molecule has 8 heteroatoms. The van der Waals surface area contributed by atoms with Crippen molar-refractivity contribution >= 4 is 22.9 Å². The van der Waals surface area contributed by atoms with E-state index in [1.165, 1.54) is 12.7 Å². The zero-order valence-electron chi connectivity index (χ0n) is 31.7. The number of aliphatic hydroxyl groups excluding tert-OH is 1. The maximum Gasteiger partial charge on any atom is 0.325 e. The van der Waals surface area contributed by atoms with Gasteiger partial charge in [0.2, 0.25) is 5.91 Å². The second-order valence-electron chi connectivity index (χ2n) is 18.6. The monoisotopic (exact) mass is 685 g/mol. The Morgan fingerprint density at radius 3 is 2.46 bits per heavy atom. The summed E-state index contributed by atoms with van der Waals surface area (Å²) < 4.78 is 10.8. The van der Waals surface area contributed by atoms with Crippen LogP contribution in [0.25, 0.3) is 11.0 Å². The average Bonchev–Trinajstić information content (AvgIpc) is 3.06. The van der Waals surface area contributed by atoms with Crippen LogP contribution in [-0.4, -0.2) is 53.8 Å². The number of methoxy groups -OCH3 is 1. The Kier molecular flexibility index (Phi) is 8.52. The van der Waals surface area contributed by atoms with E-state index in [4.69, 9.17) is 19.4 Å². The van der Waals surface area contributed by atoms with E-state index in [1.54, 1.807) is 0 Å². The molecule has 1 amide bonds. The molecule has 5 aliphatic rings. The third-order valence-electron chi connectivity index (χ3n) is 15.3. The molecule has 0 saturated heterocycles. The number of carbonyl (C=O) groups excluding carboxylic acids is 2. The fraction of sp³-hybridized carbons (Fsp3) is 0.714. The number of allylic oxidation sites excluding steroid dienone is 2. The van der Waals surface area contributed by atoms with Gasteiger partial charge in [0.1, 0.15) is 12.3 Å². The van der Waals surface area contributed by atoms with E-state index in [9.17, 15) is 14.7 Å². The zero-order chi connectivity index (χ0) is 35.9. The standard InChI is InChI=1S/C42H59N3O5/c1-37(2)16-18-42(36(48)43-25-34(47)49-8)19-17-40(6)27(28(42)23-37)11-13-33-39(5)24-31-35(38(3,4)32(39)14-15-41(33,40)7)45-29-12-10-26(22-30(29)44-31)50-21-9-20-46/h10-12,22,28,32-33,46H,9,13-21,23-25H2,1-8H3,(H,43,48)/t28-,32?,33+,39-,40+,41+,42-/m0/s1. The molecular weight excluding hydrogens is 626 g/mol. The summed E-state index contributed by atoms with van der Waals surface area (Å²) in [7, 11) is 1.37. The van der Waals surface area contributed by atoms with Gasteiger partial charge in [-0.3, -0.25) is 9.59 Å². The second-order valence-corrected chi connectivity index (χ2v) is 18.6. The summed E-state index contributed by atoms with van der Waals surface area (Å²) in [6.45, 7) is 17.7. The van der Waals surface area contributed by atoms with Gasteiger partial charge in [-0.2, -0.15) is 0 Å². The number of esters is 1. The molecular formula is C42H59N3O5. The lowest BCUT2D eigenvalue weighted by atomic mass is 9.33. The fourth-order valence-corrected chi connectivity index (χ4v) is 12.4. The van der Waals surface area contributed by atoms with Crippen LogP contribution in [0.1, 0.15) is 118 Å². The fourth-order valence-electron chi connectivity index (χ4n) is 12.4. The largest absolute Gasteiger partial charge is 0.493 e. The molecule has 7 atom stereocenters. The van der Waals surface area contributed by atoms with Gasteiger partial charge in [0.05, 0.1) is 41.6 Å². The average molecular weight is 686 g/mol. The number of carbonyl (C=O) groups is 2. The number of aliphatic hydroxyl groups is 1. The number of nitrogens with zero attached hydrogens (tertiary/aromatic N) is 2. The van der Waals surface area contributed by atoms with E-state index in [0.29, 0.717) is 24.9 Å². The molecule has 1 heterocycles. The Labute approximate surface area is 298 Å². The summed E-state index contributed by atoms with van der Waals surface area (Å²) in [5, 5.41) is 12.2. The number of ether oxygens (including phenoxy) is 2. The summed E-state index contributed by atoms with van der Waals surface area (Å²) >= 11 is 0. The van der Waals surface area contributed by atoms with E-state index in [0.717, 1.165) is 86.0 Å². The van der Waals surface area contributed by atoms with Crippen molar-refractivity contribution in [1.29, 1.82) is 0 Å². The van der Waals surface area contributed by atoms with Gasteiger partial charge >= 0.3 is 5.97 Å². The first-order valence-electron chi connectivity index (χ1n) is 19.2. The minimum atomic E-state index is -0.484. The highest BCUT2D eigenvalue weighted by molar-refractivity contribution is 5.87. The number of hydrogen-bond acceptors (Lipinski definition) is 7. The van der Waals surface area contributed by atoms with Gasteiger partial charge in [-0.1, -0.05) is 60.1 Å². The van der Waals surface area contributed by atoms with E-state index < -0.39 is 11.4 Å². The molecule has 0 spiro atoms. The van der Waals surface area contributed by atoms with Crippen molar-refractivity contribution in [3.8, 4) is 5.75 Å². The summed E-state index contributed by atoms with van der Waals surface area (Å²) in [5.74, 6) is 1.51. The van der Waals surface area contributed by atoms with E-state index in [2.05, 4.69) is 59.9 Å². The van der Waals surface area contributed by atoms with Crippen molar-refractivity contribution in [3.63, 3.8) is 0 Å². The van der Waals surface area contributed by atoms with Gasteiger partial charge in [-0.25, -0.2) is 9.97 Å². The molecule has 0 aliphatic heterocycles. The number of fused-ring (bicyclic) bond motifs is 9. The Morgan fingerprint density at radius 2 is 1.72 bits per heavy atom.